The Morgan fingerprint density at radius 3 is 2.81 bits per heavy atom. The van der Waals surface area contributed by atoms with Crippen molar-refractivity contribution in [3.8, 4) is 17.0 Å². The average Bonchev–Trinajstić information content (AvgIpc) is 3.11. The highest BCUT2D eigenvalue weighted by atomic mass is 35.5. The summed E-state index contributed by atoms with van der Waals surface area (Å²) in [6, 6.07) is 7.82. The molecule has 0 saturated carbocycles. The maximum atomic E-state index is 5.20. The molecule has 21 heavy (non-hydrogen) atoms. The quantitative estimate of drug-likeness (QED) is 0.743. The van der Waals surface area contributed by atoms with E-state index in [1.54, 1.807) is 31.0 Å². The lowest BCUT2D eigenvalue weighted by molar-refractivity contribution is 0.414. The molecule has 0 amide bonds. The molecule has 0 radical (unpaired) electrons. The van der Waals surface area contributed by atoms with Gasteiger partial charge in [0.25, 0.3) is 0 Å². The third kappa shape index (κ3) is 3.37. The molecule has 1 aromatic carbocycles. The van der Waals surface area contributed by atoms with E-state index in [2.05, 4.69) is 10.3 Å². The van der Waals surface area contributed by atoms with Crippen LogP contribution >= 0.6 is 23.7 Å². The van der Waals surface area contributed by atoms with Crippen LogP contribution in [0.25, 0.3) is 11.3 Å². The predicted octanol–water partition coefficient (Wildman–Crippen LogP) is 4.89. The van der Waals surface area contributed by atoms with Gasteiger partial charge in [-0.2, -0.15) is 0 Å². The fraction of sp³-hybridized carbons (Fsp3) is 0.133. The van der Waals surface area contributed by atoms with Gasteiger partial charge in [-0.1, -0.05) is 0 Å². The normalized spacial score (nSPS) is 10.0. The number of rotatable bonds is 4. The summed E-state index contributed by atoms with van der Waals surface area (Å²) in [6.45, 7) is 2.04. The second kappa shape index (κ2) is 6.65. The van der Waals surface area contributed by atoms with Crippen LogP contribution in [0.15, 0.2) is 46.6 Å². The van der Waals surface area contributed by atoms with Crippen molar-refractivity contribution in [3.05, 3.63) is 47.7 Å². The number of benzene rings is 1. The van der Waals surface area contributed by atoms with Crippen LogP contribution in [0.1, 0.15) is 5.56 Å². The second-order valence-electron chi connectivity index (χ2n) is 4.36. The zero-order valence-corrected chi connectivity index (χ0v) is 13.3. The van der Waals surface area contributed by atoms with Crippen molar-refractivity contribution in [3.63, 3.8) is 0 Å². The lowest BCUT2D eigenvalue weighted by Gasteiger charge is -2.08. The van der Waals surface area contributed by atoms with Gasteiger partial charge in [0.1, 0.15) is 5.75 Å². The lowest BCUT2D eigenvalue weighted by Crippen LogP contribution is -1.93. The Morgan fingerprint density at radius 2 is 2.14 bits per heavy atom. The van der Waals surface area contributed by atoms with E-state index in [4.69, 9.17) is 9.15 Å². The fourth-order valence-electron chi connectivity index (χ4n) is 1.89. The van der Waals surface area contributed by atoms with Crippen LogP contribution in [0.2, 0.25) is 0 Å². The van der Waals surface area contributed by atoms with Crippen molar-refractivity contribution < 1.29 is 9.15 Å². The fourth-order valence-corrected chi connectivity index (χ4v) is 2.62. The molecule has 0 aliphatic heterocycles. The van der Waals surface area contributed by atoms with Crippen LogP contribution in [0.3, 0.4) is 0 Å². The first-order chi connectivity index (χ1) is 9.76. The molecule has 0 saturated heterocycles. The van der Waals surface area contributed by atoms with Crippen LogP contribution in [0.5, 0.6) is 5.75 Å². The van der Waals surface area contributed by atoms with E-state index < -0.39 is 0 Å². The summed E-state index contributed by atoms with van der Waals surface area (Å²) in [4.78, 5) is 4.55. The molecular formula is C15H15ClN2O2S. The summed E-state index contributed by atoms with van der Waals surface area (Å²) in [7, 11) is 1.67. The van der Waals surface area contributed by atoms with Gasteiger partial charge >= 0.3 is 0 Å². The zero-order valence-electron chi connectivity index (χ0n) is 11.6. The van der Waals surface area contributed by atoms with Gasteiger partial charge in [0.2, 0.25) is 0 Å². The summed E-state index contributed by atoms with van der Waals surface area (Å²) < 4.78 is 10.3. The minimum atomic E-state index is 0. The minimum absolute atomic E-state index is 0. The number of aromatic nitrogens is 1. The molecule has 110 valence electrons. The third-order valence-corrected chi connectivity index (χ3v) is 3.75. The lowest BCUT2D eigenvalue weighted by atomic mass is 10.2. The SMILES string of the molecule is COc1ccc(Nc2nc(-c3ccoc3)cs2)c(C)c1.Cl. The Kier molecular flexibility index (Phi) is 4.88. The molecule has 4 nitrogen and oxygen atoms in total. The van der Waals surface area contributed by atoms with E-state index in [0.29, 0.717) is 0 Å². The number of ether oxygens (including phenoxy) is 1. The number of methoxy groups -OCH3 is 1. The van der Waals surface area contributed by atoms with Crippen LogP contribution < -0.4 is 10.1 Å². The molecule has 0 spiro atoms. The molecule has 0 aliphatic rings. The smallest absolute Gasteiger partial charge is 0.187 e. The minimum Gasteiger partial charge on any atom is -0.497 e. The molecule has 3 aromatic rings. The summed E-state index contributed by atoms with van der Waals surface area (Å²) in [5, 5.41) is 6.19. The van der Waals surface area contributed by atoms with E-state index in [-0.39, 0.29) is 12.4 Å². The molecule has 0 unspecified atom stereocenters. The Bertz CT molecular complexity index is 710. The zero-order chi connectivity index (χ0) is 13.9. The molecule has 2 heterocycles. The molecule has 0 bridgehead atoms. The summed E-state index contributed by atoms with van der Waals surface area (Å²) in [6.07, 6.45) is 3.34. The van der Waals surface area contributed by atoms with Crippen molar-refractivity contribution in [2.24, 2.45) is 0 Å². The molecule has 6 heteroatoms. The van der Waals surface area contributed by atoms with Gasteiger partial charge in [-0.3, -0.25) is 0 Å². The van der Waals surface area contributed by atoms with Gasteiger partial charge in [0.15, 0.2) is 5.13 Å². The maximum absolute atomic E-state index is 5.20. The number of aryl methyl sites for hydroxylation is 1. The molecule has 0 aliphatic carbocycles. The first-order valence-corrected chi connectivity index (χ1v) is 7.04. The number of furan rings is 1. The van der Waals surface area contributed by atoms with Gasteiger partial charge in [-0.25, -0.2) is 4.98 Å². The van der Waals surface area contributed by atoms with Crippen LogP contribution in [0.4, 0.5) is 10.8 Å². The van der Waals surface area contributed by atoms with Crippen LogP contribution in [0, 0.1) is 6.92 Å². The largest absolute Gasteiger partial charge is 0.497 e. The molecule has 3 rings (SSSR count). The standard InChI is InChI=1S/C15H14N2O2S.ClH/c1-10-7-12(18-2)3-4-13(10)16-15-17-14(9-20-15)11-5-6-19-8-11;/h3-9H,1-2H3,(H,16,17);1H. The van der Waals surface area contributed by atoms with E-state index in [1.165, 1.54) is 0 Å². The number of halogens is 1. The van der Waals surface area contributed by atoms with Crippen molar-refractivity contribution >= 4 is 34.6 Å². The van der Waals surface area contributed by atoms with Crippen molar-refractivity contribution in [2.45, 2.75) is 6.92 Å². The first kappa shape index (κ1) is 15.4. The Morgan fingerprint density at radius 1 is 1.29 bits per heavy atom. The third-order valence-electron chi connectivity index (χ3n) is 3.00. The summed E-state index contributed by atoms with van der Waals surface area (Å²) in [5.74, 6) is 0.853. The van der Waals surface area contributed by atoms with E-state index in [1.807, 2.05) is 36.6 Å². The second-order valence-corrected chi connectivity index (χ2v) is 5.21. The molecule has 0 atom stereocenters. The average molecular weight is 323 g/mol. The number of thiazole rings is 1. The molecule has 1 N–H and O–H groups in total. The number of nitrogens with one attached hydrogen (secondary N) is 1. The molecular weight excluding hydrogens is 308 g/mol. The molecule has 2 aromatic heterocycles. The van der Waals surface area contributed by atoms with Crippen LogP contribution in [-0.4, -0.2) is 12.1 Å². The van der Waals surface area contributed by atoms with Gasteiger partial charge < -0.3 is 14.5 Å². The van der Waals surface area contributed by atoms with Crippen molar-refractivity contribution in [1.82, 2.24) is 4.98 Å². The first-order valence-electron chi connectivity index (χ1n) is 6.16. The number of nitrogens with zero attached hydrogens (tertiary/aromatic N) is 1. The predicted molar refractivity (Wildman–Crippen MR) is 88.1 cm³/mol. The monoisotopic (exact) mass is 322 g/mol. The Hall–Kier alpha value is -1.98. The topological polar surface area (TPSA) is 47.3 Å². The Labute approximate surface area is 133 Å². The summed E-state index contributed by atoms with van der Waals surface area (Å²) in [5.41, 5.74) is 4.04. The number of hydrogen-bond acceptors (Lipinski definition) is 5. The van der Waals surface area contributed by atoms with E-state index in [0.717, 1.165) is 33.4 Å². The Balaban J connectivity index is 0.00000161. The van der Waals surface area contributed by atoms with E-state index in [9.17, 15) is 0 Å². The summed E-state index contributed by atoms with van der Waals surface area (Å²) >= 11 is 1.57. The van der Waals surface area contributed by atoms with Gasteiger partial charge in [0.05, 0.1) is 25.3 Å². The van der Waals surface area contributed by atoms with E-state index >= 15 is 0 Å². The highest BCUT2D eigenvalue weighted by Gasteiger charge is 2.07. The number of anilines is 2. The van der Waals surface area contributed by atoms with Gasteiger partial charge in [0, 0.05) is 16.6 Å². The highest BCUT2D eigenvalue weighted by molar-refractivity contribution is 7.14. The van der Waals surface area contributed by atoms with Gasteiger partial charge in [-0.15, -0.1) is 23.7 Å². The maximum Gasteiger partial charge on any atom is 0.187 e. The van der Waals surface area contributed by atoms with Crippen molar-refractivity contribution in [1.29, 1.82) is 0 Å². The molecule has 0 fully saturated rings. The highest BCUT2D eigenvalue weighted by Crippen LogP contribution is 2.29. The van der Waals surface area contributed by atoms with Crippen molar-refractivity contribution in [2.75, 3.05) is 12.4 Å². The van der Waals surface area contributed by atoms with Crippen LogP contribution in [-0.2, 0) is 0 Å². The van der Waals surface area contributed by atoms with Gasteiger partial charge in [-0.05, 0) is 36.8 Å². The number of hydrogen-bond donors (Lipinski definition) is 1.